The van der Waals surface area contributed by atoms with Crippen LogP contribution in [0.1, 0.15) is 12.8 Å². The summed E-state index contributed by atoms with van der Waals surface area (Å²) in [5.41, 5.74) is 0.967. The van der Waals surface area contributed by atoms with Crippen LogP contribution in [0, 0.1) is 0 Å². The molecule has 0 amide bonds. The number of benzene rings is 1. The lowest BCUT2D eigenvalue weighted by atomic mass is 10.2. The molecule has 0 spiro atoms. The molecule has 0 aliphatic carbocycles. The van der Waals surface area contributed by atoms with Crippen molar-refractivity contribution >= 4 is 0 Å². The van der Waals surface area contributed by atoms with Crippen molar-refractivity contribution < 1.29 is 4.42 Å². The van der Waals surface area contributed by atoms with Gasteiger partial charge in [0.15, 0.2) is 0 Å². The van der Waals surface area contributed by atoms with Gasteiger partial charge in [0.2, 0.25) is 11.8 Å². The number of nitrogens with zero attached hydrogens (tertiary/aromatic N) is 3. The van der Waals surface area contributed by atoms with Gasteiger partial charge in [-0.05, 0) is 19.1 Å². The fraction of sp³-hybridized carbons (Fsp3) is 0.429. The minimum Gasteiger partial charge on any atom is -0.419 e. The number of aromatic nitrogens is 2. The number of nitrogens with one attached hydrogen (secondary N) is 1. The Hall–Kier alpha value is -1.72. The van der Waals surface area contributed by atoms with Gasteiger partial charge in [-0.25, -0.2) is 0 Å². The average molecular weight is 258 g/mol. The van der Waals surface area contributed by atoms with Crippen molar-refractivity contribution in [1.82, 2.24) is 20.4 Å². The van der Waals surface area contributed by atoms with Crippen molar-refractivity contribution in [2.24, 2.45) is 0 Å². The smallest absolute Gasteiger partial charge is 0.247 e. The van der Waals surface area contributed by atoms with E-state index in [4.69, 9.17) is 4.42 Å². The van der Waals surface area contributed by atoms with Crippen LogP contribution in [-0.2, 0) is 6.54 Å². The second-order valence-corrected chi connectivity index (χ2v) is 4.89. The van der Waals surface area contributed by atoms with Crippen LogP contribution >= 0.6 is 0 Å². The van der Waals surface area contributed by atoms with Crippen LogP contribution in [0.5, 0.6) is 0 Å². The maximum atomic E-state index is 5.74. The molecule has 2 aromatic rings. The van der Waals surface area contributed by atoms with Gasteiger partial charge in [0, 0.05) is 31.2 Å². The monoisotopic (exact) mass is 258 g/mol. The van der Waals surface area contributed by atoms with E-state index in [1.165, 1.54) is 0 Å². The lowest BCUT2D eigenvalue weighted by Gasteiger charge is -2.32. The molecule has 0 radical (unpaired) electrons. The van der Waals surface area contributed by atoms with Gasteiger partial charge in [-0.15, -0.1) is 10.2 Å². The Bertz CT molecular complexity index is 525. The highest BCUT2D eigenvalue weighted by Gasteiger charge is 2.20. The Morgan fingerprint density at radius 2 is 2.16 bits per heavy atom. The van der Waals surface area contributed by atoms with Crippen LogP contribution in [0.3, 0.4) is 0 Å². The van der Waals surface area contributed by atoms with E-state index < -0.39 is 0 Å². The molecule has 1 N–H and O–H groups in total. The second kappa shape index (κ2) is 5.50. The molecule has 0 saturated carbocycles. The molecular weight excluding hydrogens is 240 g/mol. The first-order chi connectivity index (χ1) is 9.33. The maximum absolute atomic E-state index is 5.74. The molecule has 1 fully saturated rings. The summed E-state index contributed by atoms with van der Waals surface area (Å²) in [4.78, 5) is 2.36. The van der Waals surface area contributed by atoms with Crippen molar-refractivity contribution in [3.8, 4) is 11.5 Å². The first-order valence-electron chi connectivity index (χ1n) is 6.65. The van der Waals surface area contributed by atoms with Crippen LogP contribution in [0.2, 0.25) is 0 Å². The molecule has 5 nitrogen and oxygen atoms in total. The molecule has 5 heteroatoms. The predicted octanol–water partition coefficient (Wildman–Crippen LogP) is 1.53. The zero-order valence-electron chi connectivity index (χ0n) is 11.0. The van der Waals surface area contributed by atoms with Crippen LogP contribution in [0.15, 0.2) is 34.7 Å². The maximum Gasteiger partial charge on any atom is 0.247 e. The molecule has 1 aromatic heterocycles. The van der Waals surface area contributed by atoms with E-state index in [1.54, 1.807) is 0 Å². The summed E-state index contributed by atoms with van der Waals surface area (Å²) < 4.78 is 5.74. The third kappa shape index (κ3) is 2.83. The molecule has 2 heterocycles. The Labute approximate surface area is 112 Å². The van der Waals surface area contributed by atoms with Gasteiger partial charge in [-0.3, -0.25) is 4.90 Å². The van der Waals surface area contributed by atoms with E-state index in [1.807, 2.05) is 30.3 Å². The van der Waals surface area contributed by atoms with E-state index in [9.17, 15) is 0 Å². The Morgan fingerprint density at radius 3 is 2.95 bits per heavy atom. The normalized spacial score (nSPS) is 20.6. The van der Waals surface area contributed by atoms with Gasteiger partial charge < -0.3 is 9.73 Å². The molecule has 1 atom stereocenters. The third-order valence-corrected chi connectivity index (χ3v) is 3.46. The van der Waals surface area contributed by atoms with Gasteiger partial charge >= 0.3 is 0 Å². The molecule has 1 unspecified atom stereocenters. The van der Waals surface area contributed by atoms with Gasteiger partial charge in [0.05, 0.1) is 6.54 Å². The molecule has 1 aliphatic heterocycles. The summed E-state index contributed by atoms with van der Waals surface area (Å²) in [6.45, 7) is 5.98. The summed E-state index contributed by atoms with van der Waals surface area (Å²) in [6, 6.07) is 10.4. The van der Waals surface area contributed by atoms with Crippen molar-refractivity contribution in [1.29, 1.82) is 0 Å². The summed E-state index contributed by atoms with van der Waals surface area (Å²) in [5.74, 6) is 1.28. The Morgan fingerprint density at radius 1 is 1.32 bits per heavy atom. The second-order valence-electron chi connectivity index (χ2n) is 4.89. The van der Waals surface area contributed by atoms with Crippen LogP contribution < -0.4 is 5.32 Å². The van der Waals surface area contributed by atoms with Crippen LogP contribution in [-0.4, -0.2) is 40.8 Å². The van der Waals surface area contributed by atoms with Crippen LogP contribution in [0.25, 0.3) is 11.5 Å². The highest BCUT2D eigenvalue weighted by molar-refractivity contribution is 5.51. The van der Waals surface area contributed by atoms with E-state index in [-0.39, 0.29) is 0 Å². The molecule has 1 aliphatic rings. The quantitative estimate of drug-likeness (QED) is 0.905. The van der Waals surface area contributed by atoms with E-state index in [0.29, 0.717) is 17.8 Å². The molecule has 1 aromatic carbocycles. The molecule has 0 bridgehead atoms. The summed E-state index contributed by atoms with van der Waals surface area (Å²) in [6.07, 6.45) is 0. The molecule has 19 heavy (non-hydrogen) atoms. The zero-order chi connectivity index (χ0) is 13.1. The van der Waals surface area contributed by atoms with Gasteiger partial charge in [-0.1, -0.05) is 18.2 Å². The molecule has 1 saturated heterocycles. The number of hydrogen-bond acceptors (Lipinski definition) is 5. The lowest BCUT2D eigenvalue weighted by molar-refractivity contribution is 0.151. The van der Waals surface area contributed by atoms with E-state index >= 15 is 0 Å². The van der Waals surface area contributed by atoms with Crippen LogP contribution in [0.4, 0.5) is 0 Å². The Kier molecular flexibility index (Phi) is 3.57. The van der Waals surface area contributed by atoms with Gasteiger partial charge in [0.25, 0.3) is 0 Å². The number of hydrogen-bond donors (Lipinski definition) is 1. The van der Waals surface area contributed by atoms with Gasteiger partial charge in [-0.2, -0.15) is 0 Å². The lowest BCUT2D eigenvalue weighted by Crippen LogP contribution is -2.49. The highest BCUT2D eigenvalue weighted by atomic mass is 16.4. The topological polar surface area (TPSA) is 54.2 Å². The number of piperazine rings is 1. The fourth-order valence-corrected chi connectivity index (χ4v) is 2.31. The van der Waals surface area contributed by atoms with Gasteiger partial charge in [0.1, 0.15) is 0 Å². The standard InChI is InChI=1S/C14H18N4O/c1-11-9-15-7-8-18(11)10-13-16-17-14(19-13)12-5-3-2-4-6-12/h2-6,11,15H,7-10H2,1H3. The Balaban J connectivity index is 1.71. The summed E-state index contributed by atoms with van der Waals surface area (Å²) >= 11 is 0. The number of rotatable bonds is 3. The molecular formula is C14H18N4O. The summed E-state index contributed by atoms with van der Waals surface area (Å²) in [7, 11) is 0. The fourth-order valence-electron chi connectivity index (χ4n) is 2.31. The predicted molar refractivity (Wildman–Crippen MR) is 72.5 cm³/mol. The zero-order valence-corrected chi connectivity index (χ0v) is 11.0. The molecule has 3 rings (SSSR count). The summed E-state index contributed by atoms with van der Waals surface area (Å²) in [5, 5.41) is 11.6. The SMILES string of the molecule is CC1CNCCN1Cc1nnc(-c2ccccc2)o1. The highest BCUT2D eigenvalue weighted by Crippen LogP contribution is 2.18. The average Bonchev–Trinajstić information content (AvgIpc) is 2.91. The largest absolute Gasteiger partial charge is 0.419 e. The third-order valence-electron chi connectivity index (χ3n) is 3.46. The minimum atomic E-state index is 0.501. The van der Waals surface area contributed by atoms with Crippen molar-refractivity contribution in [3.63, 3.8) is 0 Å². The van der Waals surface area contributed by atoms with Crippen molar-refractivity contribution in [2.45, 2.75) is 19.5 Å². The minimum absolute atomic E-state index is 0.501. The van der Waals surface area contributed by atoms with Crippen molar-refractivity contribution in [2.75, 3.05) is 19.6 Å². The van der Waals surface area contributed by atoms with E-state index in [2.05, 4.69) is 27.3 Å². The first kappa shape index (κ1) is 12.3. The van der Waals surface area contributed by atoms with Crippen molar-refractivity contribution in [3.05, 3.63) is 36.2 Å². The van der Waals surface area contributed by atoms with E-state index in [0.717, 1.165) is 31.7 Å². The molecule has 100 valence electrons. The first-order valence-corrected chi connectivity index (χ1v) is 6.65.